The lowest BCUT2D eigenvalue weighted by Gasteiger charge is -2.23. The highest BCUT2D eigenvalue weighted by Gasteiger charge is 2.19. The number of hydrogen-bond donors (Lipinski definition) is 2. The summed E-state index contributed by atoms with van der Waals surface area (Å²) in [5, 5.41) is 5.62. The Morgan fingerprint density at radius 1 is 0.929 bits per heavy atom. The van der Waals surface area contributed by atoms with Gasteiger partial charge in [-0.15, -0.1) is 11.8 Å². The number of thioether (sulfide) groups is 1. The zero-order chi connectivity index (χ0) is 20.7. The first-order chi connectivity index (χ1) is 13.4. The molecule has 6 nitrogen and oxygen atoms in total. The molecule has 0 spiro atoms. The maximum atomic E-state index is 12.9. The number of benzene rings is 2. The Hall–Kier alpha value is -2.67. The molecule has 0 heterocycles. The van der Waals surface area contributed by atoms with Gasteiger partial charge < -0.3 is 20.4 Å². The summed E-state index contributed by atoms with van der Waals surface area (Å²) in [5.74, 6) is -0.0505. The van der Waals surface area contributed by atoms with E-state index in [0.29, 0.717) is 30.0 Å². The summed E-state index contributed by atoms with van der Waals surface area (Å²) in [6, 6.07) is 12.6. The van der Waals surface area contributed by atoms with E-state index >= 15 is 0 Å². The fourth-order valence-corrected chi connectivity index (χ4v) is 3.23. The predicted octanol–water partition coefficient (Wildman–Crippen LogP) is 4.60. The van der Waals surface area contributed by atoms with Crippen LogP contribution in [-0.2, 0) is 0 Å². The van der Waals surface area contributed by atoms with Crippen molar-refractivity contribution in [3.05, 3.63) is 48.0 Å². The maximum Gasteiger partial charge on any atom is 0.323 e. The number of rotatable bonds is 7. The van der Waals surface area contributed by atoms with Crippen molar-refractivity contribution in [3.8, 4) is 0 Å². The highest BCUT2D eigenvalue weighted by Crippen LogP contribution is 2.25. The average Bonchev–Trinajstić information content (AvgIpc) is 2.69. The fourth-order valence-electron chi connectivity index (χ4n) is 2.82. The van der Waals surface area contributed by atoms with Gasteiger partial charge in [0.15, 0.2) is 0 Å². The third-order valence-electron chi connectivity index (χ3n) is 4.37. The molecule has 7 heteroatoms. The minimum Gasteiger partial charge on any atom is -0.377 e. The lowest BCUT2D eigenvalue weighted by Crippen LogP contribution is -2.32. The molecule has 2 rings (SSSR count). The van der Waals surface area contributed by atoms with Crippen molar-refractivity contribution in [3.63, 3.8) is 0 Å². The number of nitrogens with zero attached hydrogens (tertiary/aromatic N) is 2. The lowest BCUT2D eigenvalue weighted by molar-refractivity contribution is 0.0773. The lowest BCUT2D eigenvalue weighted by atomic mass is 10.1. The van der Waals surface area contributed by atoms with Crippen LogP contribution in [0.25, 0.3) is 0 Å². The summed E-state index contributed by atoms with van der Waals surface area (Å²) in [6.45, 7) is 5.17. The van der Waals surface area contributed by atoms with Gasteiger partial charge in [-0.05, 0) is 62.6 Å². The number of anilines is 3. The van der Waals surface area contributed by atoms with Crippen molar-refractivity contribution in [1.82, 2.24) is 4.90 Å². The van der Waals surface area contributed by atoms with E-state index in [-0.39, 0.29) is 11.9 Å². The highest BCUT2D eigenvalue weighted by atomic mass is 32.2. The summed E-state index contributed by atoms with van der Waals surface area (Å²) >= 11 is 1.64. The van der Waals surface area contributed by atoms with E-state index in [1.807, 2.05) is 69.4 Å². The number of amides is 3. The van der Waals surface area contributed by atoms with Crippen molar-refractivity contribution >= 4 is 40.8 Å². The second kappa shape index (κ2) is 10.0. The largest absolute Gasteiger partial charge is 0.377 e. The Kier molecular flexibility index (Phi) is 7.75. The van der Waals surface area contributed by atoms with E-state index in [1.54, 1.807) is 28.8 Å². The molecule has 3 amide bonds. The van der Waals surface area contributed by atoms with Crippen LogP contribution in [0.5, 0.6) is 0 Å². The topological polar surface area (TPSA) is 64.7 Å². The molecule has 2 aromatic carbocycles. The van der Waals surface area contributed by atoms with Crippen LogP contribution < -0.4 is 15.5 Å². The van der Waals surface area contributed by atoms with Crippen molar-refractivity contribution in [2.45, 2.75) is 18.7 Å². The highest BCUT2D eigenvalue weighted by molar-refractivity contribution is 7.98. The van der Waals surface area contributed by atoms with Gasteiger partial charge in [-0.3, -0.25) is 4.79 Å². The van der Waals surface area contributed by atoms with E-state index in [4.69, 9.17) is 0 Å². The zero-order valence-electron chi connectivity index (χ0n) is 17.1. The quantitative estimate of drug-likeness (QED) is 0.667. The van der Waals surface area contributed by atoms with Crippen molar-refractivity contribution in [2.24, 2.45) is 0 Å². The summed E-state index contributed by atoms with van der Waals surface area (Å²) in [4.78, 5) is 30.0. The van der Waals surface area contributed by atoms with Crippen LogP contribution in [-0.4, -0.2) is 50.3 Å². The van der Waals surface area contributed by atoms with Gasteiger partial charge in [-0.25, -0.2) is 4.79 Å². The van der Waals surface area contributed by atoms with Crippen LogP contribution >= 0.6 is 11.8 Å². The van der Waals surface area contributed by atoms with Gasteiger partial charge in [0.25, 0.3) is 5.91 Å². The molecular weight excluding hydrogens is 372 g/mol. The zero-order valence-corrected chi connectivity index (χ0v) is 17.9. The minimum atomic E-state index is -0.351. The maximum absolute atomic E-state index is 12.9. The van der Waals surface area contributed by atoms with Crippen molar-refractivity contribution < 1.29 is 9.59 Å². The van der Waals surface area contributed by atoms with E-state index in [2.05, 4.69) is 10.6 Å². The number of nitrogens with one attached hydrogen (secondary N) is 2. The van der Waals surface area contributed by atoms with Crippen LogP contribution in [0.3, 0.4) is 0 Å². The molecule has 2 N–H and O–H groups in total. The molecule has 0 radical (unpaired) electrons. The SMILES string of the molecule is CCN(CC)C(=O)c1cc(NC(=O)Nc2ccc(SC)cc2)ccc1N(C)C. The summed E-state index contributed by atoms with van der Waals surface area (Å²) in [5.41, 5.74) is 2.66. The van der Waals surface area contributed by atoms with Gasteiger partial charge in [0.05, 0.1) is 5.56 Å². The smallest absolute Gasteiger partial charge is 0.323 e. The van der Waals surface area contributed by atoms with Crippen LogP contribution in [0.1, 0.15) is 24.2 Å². The Bertz CT molecular complexity index is 818. The van der Waals surface area contributed by atoms with Crippen LogP contribution in [0.4, 0.5) is 21.9 Å². The summed E-state index contributed by atoms with van der Waals surface area (Å²) in [6.07, 6.45) is 2.00. The van der Waals surface area contributed by atoms with E-state index in [0.717, 1.165) is 10.6 Å². The van der Waals surface area contributed by atoms with Crippen LogP contribution in [0.15, 0.2) is 47.4 Å². The summed E-state index contributed by atoms with van der Waals surface area (Å²) < 4.78 is 0. The monoisotopic (exact) mass is 400 g/mol. The molecule has 0 unspecified atom stereocenters. The first kappa shape index (κ1) is 21.6. The van der Waals surface area contributed by atoms with Crippen LogP contribution in [0, 0.1) is 0 Å². The molecule has 0 bridgehead atoms. The molecular formula is C21H28N4O2S. The van der Waals surface area contributed by atoms with Gasteiger partial charge >= 0.3 is 6.03 Å². The molecule has 0 aromatic heterocycles. The molecule has 2 aromatic rings. The Balaban J connectivity index is 2.19. The number of urea groups is 1. The molecule has 150 valence electrons. The second-order valence-electron chi connectivity index (χ2n) is 6.41. The third kappa shape index (κ3) is 5.42. The molecule has 0 aliphatic carbocycles. The third-order valence-corrected chi connectivity index (χ3v) is 5.11. The Morgan fingerprint density at radius 3 is 2.04 bits per heavy atom. The molecule has 28 heavy (non-hydrogen) atoms. The minimum absolute atomic E-state index is 0.0505. The number of carbonyl (C=O) groups excluding carboxylic acids is 2. The van der Waals surface area contributed by atoms with Gasteiger partial charge in [0, 0.05) is 49.1 Å². The Morgan fingerprint density at radius 2 is 1.50 bits per heavy atom. The average molecular weight is 401 g/mol. The standard InChI is InChI=1S/C21H28N4O2S/c1-6-25(7-2)20(26)18-14-16(10-13-19(18)24(3)4)23-21(27)22-15-8-11-17(28-5)12-9-15/h8-14H,6-7H2,1-5H3,(H2,22,23,27). The summed E-state index contributed by atoms with van der Waals surface area (Å²) in [7, 11) is 3.79. The number of hydrogen-bond acceptors (Lipinski definition) is 4. The first-order valence-corrected chi connectivity index (χ1v) is 10.4. The van der Waals surface area contributed by atoms with E-state index in [1.165, 1.54) is 0 Å². The van der Waals surface area contributed by atoms with E-state index in [9.17, 15) is 9.59 Å². The molecule has 0 aliphatic rings. The first-order valence-electron chi connectivity index (χ1n) is 9.22. The van der Waals surface area contributed by atoms with Gasteiger partial charge in [0.2, 0.25) is 0 Å². The van der Waals surface area contributed by atoms with Crippen molar-refractivity contribution in [2.75, 3.05) is 49.0 Å². The van der Waals surface area contributed by atoms with Gasteiger partial charge in [0.1, 0.15) is 0 Å². The van der Waals surface area contributed by atoms with Crippen LogP contribution in [0.2, 0.25) is 0 Å². The molecule has 0 atom stereocenters. The predicted molar refractivity (Wildman–Crippen MR) is 119 cm³/mol. The molecule has 0 saturated heterocycles. The molecule has 0 aliphatic heterocycles. The normalized spacial score (nSPS) is 10.3. The van der Waals surface area contributed by atoms with Gasteiger partial charge in [-0.1, -0.05) is 0 Å². The molecule has 0 saturated carbocycles. The second-order valence-corrected chi connectivity index (χ2v) is 7.29. The number of carbonyl (C=O) groups is 2. The Labute approximate surface area is 171 Å². The van der Waals surface area contributed by atoms with Gasteiger partial charge in [-0.2, -0.15) is 0 Å². The van der Waals surface area contributed by atoms with E-state index < -0.39 is 0 Å². The van der Waals surface area contributed by atoms with Crippen molar-refractivity contribution in [1.29, 1.82) is 0 Å². The molecule has 0 fully saturated rings. The fraction of sp³-hybridized carbons (Fsp3) is 0.333.